The standard InChI is InChI=1S/C22H32O6/c1-12-5-6-15-20(2,7-4-8-21(15,3)19(26)27)14(12)10-22-16(24)9-13(11-23)17(25)18(22)28-22/h5,9,14-18,23-25H,4,6-8,10-11H2,1-3H3,(H,26,27)/t14-,15-,16-,17+,18+,20+,21-,22-/m1/s1. The van der Waals surface area contributed by atoms with Crippen molar-refractivity contribution in [2.45, 2.75) is 76.8 Å². The van der Waals surface area contributed by atoms with Gasteiger partial charge < -0.3 is 25.2 Å². The molecule has 8 atom stereocenters. The summed E-state index contributed by atoms with van der Waals surface area (Å²) in [6.45, 7) is 5.88. The number of carbonyl (C=O) groups is 1. The molecule has 0 bridgehead atoms. The highest BCUT2D eigenvalue weighted by atomic mass is 16.6. The molecule has 1 saturated heterocycles. The number of ether oxygens (including phenoxy) is 1. The van der Waals surface area contributed by atoms with E-state index in [1.54, 1.807) is 0 Å². The number of fused-ring (bicyclic) bond motifs is 2. The monoisotopic (exact) mass is 392 g/mol. The van der Waals surface area contributed by atoms with E-state index in [4.69, 9.17) is 4.74 Å². The van der Waals surface area contributed by atoms with Crippen molar-refractivity contribution in [3.05, 3.63) is 23.3 Å². The topological polar surface area (TPSA) is 111 Å². The summed E-state index contributed by atoms with van der Waals surface area (Å²) in [5.74, 6) is -0.610. The average Bonchev–Trinajstić information content (AvgIpc) is 3.38. The largest absolute Gasteiger partial charge is 0.481 e. The van der Waals surface area contributed by atoms with Crippen LogP contribution >= 0.6 is 0 Å². The van der Waals surface area contributed by atoms with Gasteiger partial charge in [0, 0.05) is 0 Å². The number of aliphatic carboxylic acids is 1. The van der Waals surface area contributed by atoms with Gasteiger partial charge in [0.05, 0.1) is 12.0 Å². The first-order chi connectivity index (χ1) is 13.1. The summed E-state index contributed by atoms with van der Waals surface area (Å²) in [4.78, 5) is 12.1. The van der Waals surface area contributed by atoms with E-state index in [2.05, 4.69) is 19.9 Å². The highest BCUT2D eigenvalue weighted by Crippen LogP contribution is 2.63. The van der Waals surface area contributed by atoms with Crippen LogP contribution in [-0.4, -0.2) is 56.9 Å². The Morgan fingerprint density at radius 3 is 2.64 bits per heavy atom. The Labute approximate surface area is 165 Å². The number of allylic oxidation sites excluding steroid dienone is 2. The van der Waals surface area contributed by atoms with Crippen LogP contribution in [0.1, 0.15) is 52.9 Å². The van der Waals surface area contributed by atoms with Crippen LogP contribution in [-0.2, 0) is 9.53 Å². The van der Waals surface area contributed by atoms with E-state index in [-0.39, 0.29) is 23.9 Å². The Morgan fingerprint density at radius 1 is 1.29 bits per heavy atom. The second-order valence-electron chi connectivity index (χ2n) is 9.86. The Morgan fingerprint density at radius 2 is 2.00 bits per heavy atom. The fourth-order valence-electron chi connectivity index (χ4n) is 6.63. The number of hydrogen-bond acceptors (Lipinski definition) is 5. The van der Waals surface area contributed by atoms with E-state index < -0.39 is 35.3 Å². The molecule has 2 fully saturated rings. The lowest BCUT2D eigenvalue weighted by Gasteiger charge is -2.56. The fourth-order valence-corrected chi connectivity index (χ4v) is 6.63. The lowest BCUT2D eigenvalue weighted by Crippen LogP contribution is -2.54. The van der Waals surface area contributed by atoms with E-state index in [0.29, 0.717) is 18.4 Å². The lowest BCUT2D eigenvalue weighted by atomic mass is 9.47. The first kappa shape index (κ1) is 20.1. The number of carboxylic acids is 1. The molecule has 4 aliphatic rings. The van der Waals surface area contributed by atoms with Crippen LogP contribution in [0, 0.1) is 22.7 Å². The van der Waals surface area contributed by atoms with E-state index in [0.717, 1.165) is 19.3 Å². The van der Waals surface area contributed by atoms with Crippen LogP contribution < -0.4 is 0 Å². The van der Waals surface area contributed by atoms with Gasteiger partial charge in [0.25, 0.3) is 0 Å². The first-order valence-electron chi connectivity index (χ1n) is 10.4. The minimum absolute atomic E-state index is 0.0303. The van der Waals surface area contributed by atoms with Gasteiger partial charge >= 0.3 is 5.97 Å². The SMILES string of the molecule is CC1=CC[C@@H]2[C@@](C)(CCC[C@@]2(C)C(=O)O)[C@@H]1C[C@]12O[C@H]1[C@@H](O)C(CO)=C[C@H]2O. The fraction of sp³-hybridized carbons (Fsp3) is 0.773. The third-order valence-electron chi connectivity index (χ3n) is 8.50. The normalized spacial score (nSPS) is 50.1. The molecular weight excluding hydrogens is 360 g/mol. The molecule has 1 heterocycles. The Balaban J connectivity index is 1.67. The smallest absolute Gasteiger partial charge is 0.309 e. The summed E-state index contributed by atoms with van der Waals surface area (Å²) in [7, 11) is 0. The van der Waals surface area contributed by atoms with Crippen LogP contribution in [0.15, 0.2) is 23.3 Å². The molecule has 0 aromatic heterocycles. The number of aliphatic hydroxyl groups is 3. The van der Waals surface area contributed by atoms with Gasteiger partial charge in [0.2, 0.25) is 0 Å². The number of aliphatic hydroxyl groups excluding tert-OH is 3. The molecule has 0 unspecified atom stereocenters. The molecule has 1 aliphatic heterocycles. The van der Waals surface area contributed by atoms with E-state index >= 15 is 0 Å². The summed E-state index contributed by atoms with van der Waals surface area (Å²) in [6, 6.07) is 0. The zero-order valence-electron chi connectivity index (χ0n) is 16.9. The van der Waals surface area contributed by atoms with Crippen molar-refractivity contribution in [3.63, 3.8) is 0 Å². The molecule has 0 amide bonds. The quantitative estimate of drug-likeness (QED) is 0.430. The maximum Gasteiger partial charge on any atom is 0.309 e. The molecule has 4 N–H and O–H groups in total. The molecule has 28 heavy (non-hydrogen) atoms. The number of hydrogen-bond donors (Lipinski definition) is 4. The minimum Gasteiger partial charge on any atom is -0.481 e. The van der Waals surface area contributed by atoms with E-state index in [1.165, 1.54) is 11.6 Å². The number of carboxylic acid groups (broad SMARTS) is 1. The third-order valence-corrected chi connectivity index (χ3v) is 8.50. The Kier molecular flexibility index (Phi) is 4.58. The lowest BCUT2D eigenvalue weighted by molar-refractivity contribution is -0.163. The predicted molar refractivity (Wildman–Crippen MR) is 102 cm³/mol. The number of epoxide rings is 1. The Hall–Kier alpha value is -1.21. The molecule has 0 aromatic rings. The second-order valence-corrected chi connectivity index (χ2v) is 9.86. The van der Waals surface area contributed by atoms with Gasteiger partial charge in [-0.3, -0.25) is 4.79 Å². The summed E-state index contributed by atoms with van der Waals surface area (Å²) in [5, 5.41) is 40.6. The van der Waals surface area contributed by atoms with Crippen molar-refractivity contribution in [3.8, 4) is 0 Å². The van der Waals surface area contributed by atoms with Gasteiger partial charge in [-0.15, -0.1) is 0 Å². The van der Waals surface area contributed by atoms with Crippen molar-refractivity contribution in [1.29, 1.82) is 0 Å². The molecule has 4 rings (SSSR count). The highest BCUT2D eigenvalue weighted by molar-refractivity contribution is 5.75. The molecular formula is C22H32O6. The third kappa shape index (κ3) is 2.58. The molecule has 0 spiro atoms. The van der Waals surface area contributed by atoms with Gasteiger partial charge in [0.1, 0.15) is 23.9 Å². The molecule has 156 valence electrons. The summed E-state index contributed by atoms with van der Waals surface area (Å²) < 4.78 is 5.89. The van der Waals surface area contributed by atoms with Crippen molar-refractivity contribution >= 4 is 5.97 Å². The number of rotatable bonds is 4. The van der Waals surface area contributed by atoms with E-state index in [9.17, 15) is 25.2 Å². The summed E-state index contributed by atoms with van der Waals surface area (Å²) >= 11 is 0. The van der Waals surface area contributed by atoms with Crippen molar-refractivity contribution < 1.29 is 30.0 Å². The zero-order valence-corrected chi connectivity index (χ0v) is 16.9. The van der Waals surface area contributed by atoms with Gasteiger partial charge in [0.15, 0.2) is 0 Å². The second kappa shape index (κ2) is 6.39. The maximum absolute atomic E-state index is 12.1. The van der Waals surface area contributed by atoms with Crippen molar-refractivity contribution in [1.82, 2.24) is 0 Å². The Bertz CT molecular complexity index is 743. The van der Waals surface area contributed by atoms with E-state index in [1.807, 2.05) is 6.92 Å². The predicted octanol–water partition coefficient (Wildman–Crippen LogP) is 2.03. The molecule has 6 heteroatoms. The van der Waals surface area contributed by atoms with Crippen LogP contribution in [0.4, 0.5) is 0 Å². The summed E-state index contributed by atoms with van der Waals surface area (Å²) in [5.41, 5.74) is -0.170. The summed E-state index contributed by atoms with van der Waals surface area (Å²) in [6.07, 6.45) is 5.22. The molecule has 0 radical (unpaired) electrons. The average molecular weight is 392 g/mol. The highest BCUT2D eigenvalue weighted by Gasteiger charge is 2.68. The maximum atomic E-state index is 12.1. The van der Waals surface area contributed by atoms with Crippen LogP contribution in [0.3, 0.4) is 0 Å². The molecule has 0 aromatic carbocycles. The van der Waals surface area contributed by atoms with Crippen LogP contribution in [0.25, 0.3) is 0 Å². The van der Waals surface area contributed by atoms with Crippen LogP contribution in [0.2, 0.25) is 0 Å². The first-order valence-corrected chi connectivity index (χ1v) is 10.4. The minimum atomic E-state index is -0.902. The van der Waals surface area contributed by atoms with Gasteiger partial charge in [-0.05, 0) is 68.4 Å². The molecule has 1 saturated carbocycles. The zero-order chi connectivity index (χ0) is 20.5. The molecule has 6 nitrogen and oxygen atoms in total. The van der Waals surface area contributed by atoms with Gasteiger partial charge in [-0.1, -0.05) is 25.0 Å². The van der Waals surface area contributed by atoms with Gasteiger partial charge in [-0.2, -0.15) is 0 Å². The van der Waals surface area contributed by atoms with Crippen molar-refractivity contribution in [2.24, 2.45) is 22.7 Å². The van der Waals surface area contributed by atoms with Crippen LogP contribution in [0.5, 0.6) is 0 Å². The van der Waals surface area contributed by atoms with Gasteiger partial charge in [-0.25, -0.2) is 0 Å². The van der Waals surface area contributed by atoms with Crippen molar-refractivity contribution in [2.75, 3.05) is 6.61 Å². The molecule has 3 aliphatic carbocycles.